The topological polar surface area (TPSA) is 74.2 Å². The fourth-order valence-electron chi connectivity index (χ4n) is 2.72. The van der Waals surface area contributed by atoms with Crippen LogP contribution in [0.4, 0.5) is 0 Å². The lowest BCUT2D eigenvalue weighted by Crippen LogP contribution is -2.39. The Morgan fingerprint density at radius 2 is 2.45 bits per heavy atom. The molecule has 2 aromatic rings. The first-order valence-electron chi connectivity index (χ1n) is 6.80. The molecule has 108 valence electrons. The third kappa shape index (κ3) is 2.39. The first-order valence-corrected chi connectivity index (χ1v) is 7.68. The van der Waals surface area contributed by atoms with Gasteiger partial charge in [0.1, 0.15) is 5.54 Å². The van der Waals surface area contributed by atoms with Crippen molar-refractivity contribution in [3.8, 4) is 0 Å². The molecule has 0 fully saturated rings. The van der Waals surface area contributed by atoms with E-state index in [0.717, 1.165) is 19.3 Å². The number of thiophene rings is 1. The summed E-state index contributed by atoms with van der Waals surface area (Å²) in [4.78, 5) is 5.96. The van der Waals surface area contributed by atoms with E-state index in [2.05, 4.69) is 21.6 Å². The second-order valence-corrected chi connectivity index (χ2v) is 6.55. The van der Waals surface area contributed by atoms with Crippen LogP contribution in [0.3, 0.4) is 0 Å². The minimum Gasteiger partial charge on any atom is -0.382 e. The van der Waals surface area contributed by atoms with E-state index in [9.17, 15) is 0 Å². The predicted octanol–water partition coefficient (Wildman–Crippen LogP) is 2.42. The van der Waals surface area contributed by atoms with E-state index >= 15 is 0 Å². The number of nitrogens with zero attached hydrogens (tertiary/aromatic N) is 2. The Hall–Kier alpha value is -1.24. The molecule has 0 saturated carbocycles. The molecule has 6 heteroatoms. The van der Waals surface area contributed by atoms with Crippen molar-refractivity contribution in [1.82, 2.24) is 10.1 Å². The summed E-state index contributed by atoms with van der Waals surface area (Å²) in [6, 6.07) is 2.17. The van der Waals surface area contributed by atoms with Crippen molar-refractivity contribution >= 4 is 11.3 Å². The molecule has 0 radical (unpaired) electrons. The lowest BCUT2D eigenvalue weighted by atomic mass is 9.88. The number of aryl methyl sites for hydroxylation is 1. The highest BCUT2D eigenvalue weighted by atomic mass is 32.1. The SMILES string of the molecule is COCC(C)(N)c1noc(C2CCCc3sccc32)n1. The van der Waals surface area contributed by atoms with Crippen molar-refractivity contribution in [2.24, 2.45) is 5.73 Å². The summed E-state index contributed by atoms with van der Waals surface area (Å²) in [7, 11) is 1.62. The van der Waals surface area contributed by atoms with Gasteiger partial charge in [-0.15, -0.1) is 11.3 Å². The molecule has 0 aliphatic heterocycles. The van der Waals surface area contributed by atoms with Crippen LogP contribution in [0.25, 0.3) is 0 Å². The van der Waals surface area contributed by atoms with Crippen LogP contribution in [0.15, 0.2) is 16.0 Å². The molecule has 3 rings (SSSR count). The van der Waals surface area contributed by atoms with Gasteiger partial charge in [0.25, 0.3) is 0 Å². The monoisotopic (exact) mass is 293 g/mol. The third-order valence-electron chi connectivity index (χ3n) is 3.75. The van der Waals surface area contributed by atoms with Gasteiger partial charge in [0.15, 0.2) is 5.82 Å². The number of nitrogens with two attached hydrogens (primary N) is 1. The number of rotatable bonds is 4. The molecule has 2 N–H and O–H groups in total. The molecule has 1 aliphatic carbocycles. The first kappa shape index (κ1) is 13.7. The van der Waals surface area contributed by atoms with Crippen molar-refractivity contribution in [3.05, 3.63) is 33.6 Å². The Bertz CT molecular complexity index is 591. The van der Waals surface area contributed by atoms with Crippen molar-refractivity contribution in [1.29, 1.82) is 0 Å². The summed E-state index contributed by atoms with van der Waals surface area (Å²) < 4.78 is 10.6. The summed E-state index contributed by atoms with van der Waals surface area (Å²) in [6.45, 7) is 2.21. The normalized spacial score (nSPS) is 21.4. The number of methoxy groups -OCH3 is 1. The lowest BCUT2D eigenvalue weighted by molar-refractivity contribution is 0.135. The minimum atomic E-state index is -0.720. The van der Waals surface area contributed by atoms with Crippen LogP contribution in [0, 0.1) is 0 Å². The molecule has 0 bridgehead atoms. The molecule has 2 unspecified atom stereocenters. The maximum atomic E-state index is 6.16. The highest BCUT2D eigenvalue weighted by molar-refractivity contribution is 7.10. The predicted molar refractivity (Wildman–Crippen MR) is 76.8 cm³/mol. The van der Waals surface area contributed by atoms with Crippen LogP contribution < -0.4 is 5.73 Å². The Labute approximate surface area is 122 Å². The molecule has 20 heavy (non-hydrogen) atoms. The van der Waals surface area contributed by atoms with Crippen LogP contribution in [-0.4, -0.2) is 23.9 Å². The molecule has 0 saturated heterocycles. The molecule has 0 amide bonds. The molecule has 0 aromatic carbocycles. The Kier molecular flexibility index (Phi) is 3.62. The summed E-state index contributed by atoms with van der Waals surface area (Å²) >= 11 is 1.81. The molecule has 2 aromatic heterocycles. The zero-order valence-electron chi connectivity index (χ0n) is 11.8. The fraction of sp³-hybridized carbons (Fsp3) is 0.571. The molecule has 5 nitrogen and oxygen atoms in total. The summed E-state index contributed by atoms with van der Waals surface area (Å²) in [5, 5.41) is 6.19. The molecule has 0 spiro atoms. The number of fused-ring (bicyclic) bond motifs is 1. The number of hydrogen-bond acceptors (Lipinski definition) is 6. The maximum Gasteiger partial charge on any atom is 0.234 e. The van der Waals surface area contributed by atoms with E-state index < -0.39 is 5.54 Å². The number of aromatic nitrogens is 2. The van der Waals surface area contributed by atoms with Crippen LogP contribution in [0.2, 0.25) is 0 Å². The van der Waals surface area contributed by atoms with Gasteiger partial charge < -0.3 is 15.0 Å². The van der Waals surface area contributed by atoms with Gasteiger partial charge in [0, 0.05) is 12.0 Å². The summed E-state index contributed by atoms with van der Waals surface area (Å²) in [6.07, 6.45) is 3.37. The second kappa shape index (κ2) is 5.27. The quantitative estimate of drug-likeness (QED) is 0.937. The van der Waals surface area contributed by atoms with Gasteiger partial charge in [-0.05, 0) is 43.2 Å². The molecule has 2 heterocycles. The molecule has 1 aliphatic rings. The average Bonchev–Trinajstić information content (AvgIpc) is 3.07. The van der Waals surface area contributed by atoms with Gasteiger partial charge in [-0.3, -0.25) is 0 Å². The summed E-state index contributed by atoms with van der Waals surface area (Å²) in [5.74, 6) is 1.40. The van der Waals surface area contributed by atoms with E-state index in [1.54, 1.807) is 7.11 Å². The van der Waals surface area contributed by atoms with Crippen LogP contribution in [0.5, 0.6) is 0 Å². The van der Waals surface area contributed by atoms with E-state index in [1.807, 2.05) is 18.3 Å². The van der Waals surface area contributed by atoms with Gasteiger partial charge in [-0.25, -0.2) is 0 Å². The molecular weight excluding hydrogens is 274 g/mol. The number of ether oxygens (including phenoxy) is 1. The number of hydrogen-bond donors (Lipinski definition) is 1. The second-order valence-electron chi connectivity index (χ2n) is 5.55. The zero-order chi connectivity index (χ0) is 14.2. The van der Waals surface area contributed by atoms with Gasteiger partial charge in [-0.2, -0.15) is 4.98 Å². The van der Waals surface area contributed by atoms with Crippen LogP contribution in [-0.2, 0) is 16.7 Å². The van der Waals surface area contributed by atoms with E-state index in [-0.39, 0.29) is 5.92 Å². The van der Waals surface area contributed by atoms with Crippen molar-refractivity contribution in [2.45, 2.75) is 37.6 Å². The van der Waals surface area contributed by atoms with Gasteiger partial charge in [-0.1, -0.05) is 5.16 Å². The largest absolute Gasteiger partial charge is 0.382 e. The van der Waals surface area contributed by atoms with E-state index in [4.69, 9.17) is 15.0 Å². The van der Waals surface area contributed by atoms with Gasteiger partial charge in [0.2, 0.25) is 5.89 Å². The Morgan fingerprint density at radius 3 is 3.25 bits per heavy atom. The van der Waals surface area contributed by atoms with Gasteiger partial charge >= 0.3 is 0 Å². The molecular formula is C14H19N3O2S. The van der Waals surface area contributed by atoms with E-state index in [1.165, 1.54) is 10.4 Å². The van der Waals surface area contributed by atoms with Crippen LogP contribution >= 0.6 is 11.3 Å². The summed E-state index contributed by atoms with van der Waals surface area (Å²) in [5.41, 5.74) is 6.77. The van der Waals surface area contributed by atoms with Crippen molar-refractivity contribution < 1.29 is 9.26 Å². The minimum absolute atomic E-state index is 0.213. The standard InChI is InChI=1S/C14H19N3O2S/c1-14(15,8-18-2)13-16-12(19-17-13)10-4-3-5-11-9(10)6-7-20-11/h6-7,10H,3-5,8,15H2,1-2H3. The zero-order valence-corrected chi connectivity index (χ0v) is 12.6. The smallest absolute Gasteiger partial charge is 0.234 e. The highest BCUT2D eigenvalue weighted by Crippen LogP contribution is 2.38. The van der Waals surface area contributed by atoms with Crippen molar-refractivity contribution in [2.75, 3.05) is 13.7 Å². The first-order chi connectivity index (χ1) is 9.62. The third-order valence-corrected chi connectivity index (χ3v) is 4.74. The fourth-order valence-corrected chi connectivity index (χ4v) is 3.70. The lowest BCUT2D eigenvalue weighted by Gasteiger charge is -2.20. The highest BCUT2D eigenvalue weighted by Gasteiger charge is 2.32. The Balaban J connectivity index is 1.89. The molecule has 2 atom stereocenters. The Morgan fingerprint density at radius 1 is 1.60 bits per heavy atom. The average molecular weight is 293 g/mol. The maximum absolute atomic E-state index is 6.16. The van der Waals surface area contributed by atoms with Crippen LogP contribution in [0.1, 0.15) is 47.8 Å². The van der Waals surface area contributed by atoms with E-state index in [0.29, 0.717) is 18.3 Å². The van der Waals surface area contributed by atoms with Gasteiger partial charge in [0.05, 0.1) is 12.5 Å². The van der Waals surface area contributed by atoms with Crippen molar-refractivity contribution in [3.63, 3.8) is 0 Å².